The fourth-order valence-electron chi connectivity index (χ4n) is 3.25. The van der Waals surface area contributed by atoms with Gasteiger partial charge in [-0.25, -0.2) is 0 Å². The predicted molar refractivity (Wildman–Crippen MR) is 109 cm³/mol. The molecule has 1 heterocycles. The monoisotopic (exact) mass is 367 g/mol. The molecule has 1 aromatic rings. The van der Waals surface area contributed by atoms with E-state index in [1.165, 1.54) is 36.5 Å². The van der Waals surface area contributed by atoms with Crippen LogP contribution in [0.4, 0.5) is 5.95 Å². The molecule has 0 unspecified atom stereocenters. The minimum absolute atomic E-state index is 0.157. The minimum atomic E-state index is -0.291. The maximum Gasteiger partial charge on any atom is 0.270 e. The van der Waals surface area contributed by atoms with Gasteiger partial charge in [-0.15, -0.1) is 5.10 Å². The van der Waals surface area contributed by atoms with Crippen LogP contribution < -0.4 is 5.32 Å². The van der Waals surface area contributed by atoms with E-state index in [4.69, 9.17) is 0 Å². The second-order valence-electron chi connectivity index (χ2n) is 7.65. The van der Waals surface area contributed by atoms with Gasteiger partial charge in [0.25, 0.3) is 11.9 Å². The topological polar surface area (TPSA) is 83.6 Å². The summed E-state index contributed by atoms with van der Waals surface area (Å²) in [6, 6.07) is 0. The van der Waals surface area contributed by atoms with Gasteiger partial charge in [-0.05, 0) is 61.8 Å². The maximum absolute atomic E-state index is 11.8. The van der Waals surface area contributed by atoms with Crippen molar-refractivity contribution in [3.63, 3.8) is 0 Å². The standard InChI is InChI=1S/C21H29N5O/c1-15(11-12-18-17(3)10-7-13-21(18,4)5)8-6-9-16(2)14-19(27)22-20-23-25-26-24-20/h6,8-9,11-12,14H,7,10,13H2,1-5H3,(H2,22,23,24,25,26,27)/b9-6+,12-11+,15-8+,16-14-. The van der Waals surface area contributed by atoms with E-state index in [0.717, 1.165) is 11.1 Å². The van der Waals surface area contributed by atoms with Gasteiger partial charge in [-0.1, -0.05) is 60.5 Å². The average molecular weight is 367 g/mol. The third kappa shape index (κ3) is 6.47. The molecule has 0 bridgehead atoms. The van der Waals surface area contributed by atoms with Crippen molar-refractivity contribution >= 4 is 11.9 Å². The molecule has 0 aromatic carbocycles. The molecule has 6 heteroatoms. The molecule has 0 aliphatic heterocycles. The van der Waals surface area contributed by atoms with Crippen molar-refractivity contribution in [2.75, 3.05) is 5.32 Å². The first-order chi connectivity index (χ1) is 12.8. The molecule has 2 N–H and O–H groups in total. The first-order valence-corrected chi connectivity index (χ1v) is 9.24. The molecule has 1 aromatic heterocycles. The highest BCUT2D eigenvalue weighted by Gasteiger charge is 2.26. The maximum atomic E-state index is 11.8. The largest absolute Gasteiger partial charge is 0.288 e. The summed E-state index contributed by atoms with van der Waals surface area (Å²) < 4.78 is 0. The SMILES string of the molecule is CC1=C(/C=C/C(C)=C/C=C/C(C)=C\C(=O)Nc2nn[nH]n2)C(C)(C)CCC1. The van der Waals surface area contributed by atoms with Gasteiger partial charge in [0, 0.05) is 6.08 Å². The lowest BCUT2D eigenvalue weighted by Crippen LogP contribution is -2.19. The Bertz CT molecular complexity index is 808. The number of carbonyl (C=O) groups excluding carboxylic acids is 1. The predicted octanol–water partition coefficient (Wildman–Crippen LogP) is 4.67. The zero-order valence-corrected chi connectivity index (χ0v) is 16.8. The van der Waals surface area contributed by atoms with E-state index in [9.17, 15) is 4.79 Å². The Balaban J connectivity index is 1.95. The first kappa shape index (κ1) is 20.6. The van der Waals surface area contributed by atoms with Gasteiger partial charge >= 0.3 is 0 Å². The van der Waals surface area contributed by atoms with Crippen molar-refractivity contribution in [2.24, 2.45) is 5.41 Å². The van der Waals surface area contributed by atoms with Crippen LogP contribution in [0.2, 0.25) is 0 Å². The van der Waals surface area contributed by atoms with Crippen LogP contribution in [-0.2, 0) is 4.79 Å². The Morgan fingerprint density at radius 3 is 2.67 bits per heavy atom. The van der Waals surface area contributed by atoms with Crippen LogP contribution in [0.15, 0.2) is 58.7 Å². The number of hydrogen-bond acceptors (Lipinski definition) is 4. The van der Waals surface area contributed by atoms with Crippen molar-refractivity contribution in [2.45, 2.75) is 53.9 Å². The van der Waals surface area contributed by atoms with Gasteiger partial charge in [0.15, 0.2) is 0 Å². The lowest BCUT2D eigenvalue weighted by Gasteiger charge is -2.32. The van der Waals surface area contributed by atoms with Gasteiger partial charge in [-0.2, -0.15) is 5.21 Å². The molecule has 1 aliphatic rings. The van der Waals surface area contributed by atoms with Crippen molar-refractivity contribution < 1.29 is 4.79 Å². The third-order valence-corrected chi connectivity index (χ3v) is 4.71. The molecule has 0 spiro atoms. The number of anilines is 1. The number of amides is 1. The second kappa shape index (κ2) is 9.26. The number of aromatic amines is 1. The molecule has 0 radical (unpaired) electrons. The molecule has 6 nitrogen and oxygen atoms in total. The number of nitrogens with zero attached hydrogens (tertiary/aromatic N) is 3. The average Bonchev–Trinajstić information content (AvgIpc) is 3.06. The summed E-state index contributed by atoms with van der Waals surface area (Å²) in [7, 11) is 0. The highest BCUT2D eigenvalue weighted by atomic mass is 16.1. The number of hydrogen-bond donors (Lipinski definition) is 2. The molecular weight excluding hydrogens is 338 g/mol. The van der Waals surface area contributed by atoms with Crippen molar-refractivity contribution in [3.8, 4) is 0 Å². The summed E-state index contributed by atoms with van der Waals surface area (Å²) in [5.74, 6) is -0.134. The molecule has 1 amide bonds. The van der Waals surface area contributed by atoms with E-state index in [0.29, 0.717) is 0 Å². The second-order valence-corrected chi connectivity index (χ2v) is 7.65. The van der Waals surface area contributed by atoms with E-state index in [1.54, 1.807) is 0 Å². The lowest BCUT2D eigenvalue weighted by molar-refractivity contribution is -0.112. The summed E-state index contributed by atoms with van der Waals surface area (Å²) in [6.45, 7) is 10.8. The first-order valence-electron chi connectivity index (χ1n) is 9.24. The zero-order valence-electron chi connectivity index (χ0n) is 16.8. The third-order valence-electron chi connectivity index (χ3n) is 4.71. The van der Waals surface area contributed by atoms with E-state index >= 15 is 0 Å². The Labute approximate surface area is 161 Å². The Morgan fingerprint density at radius 1 is 1.22 bits per heavy atom. The highest BCUT2D eigenvalue weighted by molar-refractivity contribution is 5.98. The summed E-state index contributed by atoms with van der Waals surface area (Å²) in [5, 5.41) is 15.5. The Morgan fingerprint density at radius 2 is 2.00 bits per heavy atom. The van der Waals surface area contributed by atoms with Gasteiger partial charge in [-0.3, -0.25) is 10.1 Å². The molecule has 144 valence electrons. The van der Waals surface area contributed by atoms with Crippen molar-refractivity contribution in [1.82, 2.24) is 20.6 Å². The van der Waals surface area contributed by atoms with Gasteiger partial charge in [0.2, 0.25) is 0 Å². The number of nitrogens with one attached hydrogen (secondary N) is 2. The van der Waals surface area contributed by atoms with Crippen LogP contribution in [0, 0.1) is 5.41 Å². The van der Waals surface area contributed by atoms with Crippen LogP contribution in [-0.4, -0.2) is 26.5 Å². The fraction of sp³-hybridized carbons (Fsp3) is 0.429. The number of rotatable bonds is 6. The van der Waals surface area contributed by atoms with Crippen molar-refractivity contribution in [1.29, 1.82) is 0 Å². The van der Waals surface area contributed by atoms with Crippen LogP contribution >= 0.6 is 0 Å². The number of tetrazole rings is 1. The lowest BCUT2D eigenvalue weighted by atomic mass is 9.72. The van der Waals surface area contributed by atoms with Crippen LogP contribution in [0.3, 0.4) is 0 Å². The molecule has 0 fully saturated rings. The molecule has 2 rings (SSSR count). The minimum Gasteiger partial charge on any atom is -0.288 e. The van der Waals surface area contributed by atoms with Crippen molar-refractivity contribution in [3.05, 3.63) is 58.7 Å². The zero-order chi connectivity index (χ0) is 19.9. The van der Waals surface area contributed by atoms with Crippen LogP contribution in [0.1, 0.15) is 53.9 Å². The van der Waals surface area contributed by atoms with Gasteiger partial charge in [0.05, 0.1) is 0 Å². The Hall–Kier alpha value is -2.76. The van der Waals surface area contributed by atoms with E-state index < -0.39 is 0 Å². The van der Waals surface area contributed by atoms with Gasteiger partial charge in [0.1, 0.15) is 0 Å². The fourth-order valence-corrected chi connectivity index (χ4v) is 3.25. The number of carbonyl (C=O) groups is 1. The quantitative estimate of drug-likeness (QED) is 0.565. The van der Waals surface area contributed by atoms with Crippen LogP contribution in [0.5, 0.6) is 0 Å². The molecule has 0 atom stereocenters. The number of allylic oxidation sites excluding steroid dienone is 9. The summed E-state index contributed by atoms with van der Waals surface area (Å²) in [4.78, 5) is 11.8. The summed E-state index contributed by atoms with van der Waals surface area (Å²) >= 11 is 0. The molecule has 0 saturated carbocycles. The Kier molecular flexibility index (Phi) is 7.05. The highest BCUT2D eigenvalue weighted by Crippen LogP contribution is 2.40. The molecule has 1 aliphatic carbocycles. The molecule has 27 heavy (non-hydrogen) atoms. The van der Waals surface area contributed by atoms with Crippen LogP contribution in [0.25, 0.3) is 0 Å². The smallest absolute Gasteiger partial charge is 0.270 e. The normalized spacial score (nSPS) is 18.6. The van der Waals surface area contributed by atoms with E-state index in [-0.39, 0.29) is 17.3 Å². The van der Waals surface area contributed by atoms with E-state index in [2.05, 4.69) is 65.8 Å². The van der Waals surface area contributed by atoms with E-state index in [1.807, 2.05) is 25.2 Å². The number of aromatic nitrogens is 4. The summed E-state index contributed by atoms with van der Waals surface area (Å²) in [6.07, 6.45) is 15.5. The number of H-pyrrole nitrogens is 1. The van der Waals surface area contributed by atoms with Gasteiger partial charge < -0.3 is 0 Å². The molecular formula is C21H29N5O. The molecule has 0 saturated heterocycles. The summed E-state index contributed by atoms with van der Waals surface area (Å²) in [5.41, 5.74) is 5.20.